The number of rotatable bonds is 7. The fourth-order valence-corrected chi connectivity index (χ4v) is 5.44. The largest absolute Gasteiger partial charge is 0.478 e. The van der Waals surface area contributed by atoms with Crippen LogP contribution in [0.4, 0.5) is 0 Å². The quantitative estimate of drug-likeness (QED) is 0.495. The summed E-state index contributed by atoms with van der Waals surface area (Å²) in [4.78, 5) is 36.6. The van der Waals surface area contributed by atoms with E-state index in [9.17, 15) is 14.4 Å². The van der Waals surface area contributed by atoms with E-state index in [-0.39, 0.29) is 29.2 Å². The zero-order valence-corrected chi connectivity index (χ0v) is 17.3. The highest BCUT2D eigenvalue weighted by molar-refractivity contribution is 9.10. The van der Waals surface area contributed by atoms with Crippen molar-refractivity contribution in [1.82, 2.24) is 0 Å². The molecule has 1 aromatic heterocycles. The van der Waals surface area contributed by atoms with Crippen molar-refractivity contribution in [2.75, 3.05) is 20.3 Å². The summed E-state index contributed by atoms with van der Waals surface area (Å²) in [6.45, 7) is 3.86. The summed E-state index contributed by atoms with van der Waals surface area (Å²) in [5, 5.41) is 9.08. The molecule has 27 heavy (non-hydrogen) atoms. The number of ether oxygens (including phenoxy) is 2. The average Bonchev–Trinajstić information content (AvgIpc) is 2.93. The van der Waals surface area contributed by atoms with Crippen LogP contribution in [-0.4, -0.2) is 43.3 Å². The normalized spacial score (nSPS) is 11.2. The molecule has 0 aliphatic rings. The molecule has 1 unspecified atom stereocenters. The van der Waals surface area contributed by atoms with E-state index in [1.54, 1.807) is 26.0 Å². The molecule has 0 amide bonds. The molecule has 2 aromatic rings. The molecule has 0 radical (unpaired) electrons. The fourth-order valence-electron chi connectivity index (χ4n) is 2.38. The molecule has 0 fully saturated rings. The van der Waals surface area contributed by atoms with E-state index in [0.29, 0.717) is 14.9 Å². The van der Waals surface area contributed by atoms with Crippen LogP contribution in [0.2, 0.25) is 0 Å². The van der Waals surface area contributed by atoms with E-state index in [4.69, 9.17) is 18.8 Å². The number of esters is 2. The lowest BCUT2D eigenvalue weighted by Crippen LogP contribution is -2.12. The standard InChI is InChI=1S/C18H17BrO7S/c1-4-25-17(22)12-13(19)14(10-6-8-11(9-7-10)16(20)21)27(26-5-2)15(12)18(23)24-3/h6-9H,4-5H2,1-3H3/p+1. The molecule has 0 saturated carbocycles. The molecule has 1 aromatic carbocycles. The molecule has 9 heteroatoms. The molecule has 0 aliphatic carbocycles. The zero-order chi connectivity index (χ0) is 20.1. The summed E-state index contributed by atoms with van der Waals surface area (Å²) < 4.78 is 16.1. The van der Waals surface area contributed by atoms with Crippen molar-refractivity contribution in [3.05, 3.63) is 44.7 Å². The van der Waals surface area contributed by atoms with E-state index in [2.05, 4.69) is 15.9 Å². The summed E-state index contributed by atoms with van der Waals surface area (Å²) in [5.74, 6) is -2.41. The van der Waals surface area contributed by atoms with Crippen LogP contribution in [0, 0.1) is 0 Å². The van der Waals surface area contributed by atoms with E-state index in [1.807, 2.05) is 0 Å². The van der Waals surface area contributed by atoms with Gasteiger partial charge in [0.15, 0.2) is 16.3 Å². The molecule has 7 nitrogen and oxygen atoms in total. The summed E-state index contributed by atoms with van der Waals surface area (Å²) >= 11 is 3.40. The number of carboxylic acids is 1. The molecular formula is C18H18BrO7S+. The molecular weight excluding hydrogens is 440 g/mol. The van der Waals surface area contributed by atoms with Crippen LogP contribution in [0.1, 0.15) is 44.2 Å². The highest BCUT2D eigenvalue weighted by Gasteiger charge is 2.43. The van der Waals surface area contributed by atoms with Crippen molar-refractivity contribution in [2.45, 2.75) is 13.8 Å². The SMILES string of the molecule is CCOC(=O)c1c(Br)c(-c2ccc(C(=O)O)cc2)[s+](OCC)c1C(=O)OC. The van der Waals surface area contributed by atoms with Gasteiger partial charge in [-0.2, -0.15) is 0 Å². The van der Waals surface area contributed by atoms with Gasteiger partial charge < -0.3 is 14.6 Å². The molecule has 1 heterocycles. The number of benzene rings is 1. The van der Waals surface area contributed by atoms with Gasteiger partial charge in [-0.3, -0.25) is 0 Å². The Bertz CT molecular complexity index is 871. The first-order valence-corrected chi connectivity index (χ1v) is 9.92. The van der Waals surface area contributed by atoms with Crippen LogP contribution >= 0.6 is 26.7 Å². The second kappa shape index (κ2) is 9.12. The third-order valence-electron chi connectivity index (χ3n) is 3.50. The number of hydrogen-bond donors (Lipinski definition) is 1. The number of carboxylic acid groups (broad SMARTS) is 1. The number of aromatic carboxylic acids is 1. The second-order valence-corrected chi connectivity index (χ2v) is 7.50. The lowest BCUT2D eigenvalue weighted by Gasteiger charge is -2.00. The number of halogens is 1. The Hall–Kier alpha value is -2.23. The maximum Gasteiger partial charge on any atom is 0.395 e. The molecule has 1 atom stereocenters. The van der Waals surface area contributed by atoms with Crippen LogP contribution in [0.15, 0.2) is 28.7 Å². The molecule has 1 N–H and O–H groups in total. The van der Waals surface area contributed by atoms with Gasteiger partial charge in [-0.15, -0.1) is 4.18 Å². The van der Waals surface area contributed by atoms with Gasteiger partial charge in [0.2, 0.25) is 4.88 Å². The van der Waals surface area contributed by atoms with Gasteiger partial charge in [0.1, 0.15) is 11.1 Å². The first-order valence-electron chi connectivity index (χ1n) is 7.98. The Morgan fingerprint density at radius 3 is 2.19 bits per heavy atom. The van der Waals surface area contributed by atoms with Gasteiger partial charge in [-0.05, 0) is 54.0 Å². The van der Waals surface area contributed by atoms with Crippen molar-refractivity contribution < 1.29 is 33.1 Å². The van der Waals surface area contributed by atoms with Gasteiger partial charge in [0, 0.05) is 5.56 Å². The van der Waals surface area contributed by atoms with Crippen molar-refractivity contribution >= 4 is 44.6 Å². The Morgan fingerprint density at radius 2 is 1.70 bits per heavy atom. The monoisotopic (exact) mass is 457 g/mol. The Morgan fingerprint density at radius 1 is 1.07 bits per heavy atom. The molecule has 2 rings (SSSR count). The topological polar surface area (TPSA) is 99.1 Å². The highest BCUT2D eigenvalue weighted by Crippen LogP contribution is 2.47. The number of carbonyl (C=O) groups is 3. The van der Waals surface area contributed by atoms with Gasteiger partial charge in [0.25, 0.3) is 0 Å². The van der Waals surface area contributed by atoms with Crippen molar-refractivity contribution in [2.24, 2.45) is 0 Å². The van der Waals surface area contributed by atoms with Crippen LogP contribution < -0.4 is 4.18 Å². The number of hydrogen-bond acceptors (Lipinski definition) is 6. The van der Waals surface area contributed by atoms with Crippen LogP contribution in [-0.2, 0) is 9.47 Å². The molecule has 0 saturated heterocycles. The van der Waals surface area contributed by atoms with Gasteiger partial charge in [0.05, 0.1) is 19.3 Å². The number of carbonyl (C=O) groups excluding carboxylic acids is 2. The summed E-state index contributed by atoms with van der Waals surface area (Å²) in [6, 6.07) is 6.08. The van der Waals surface area contributed by atoms with Crippen molar-refractivity contribution in [3.8, 4) is 10.4 Å². The Balaban J connectivity index is 2.77. The minimum atomic E-state index is -1.20. The Labute approximate surface area is 167 Å². The van der Waals surface area contributed by atoms with Crippen LogP contribution in [0.5, 0.6) is 0 Å². The number of thiophene rings is 1. The predicted octanol–water partition coefficient (Wildman–Crippen LogP) is 3.98. The maximum atomic E-state index is 12.5. The Kier molecular flexibility index (Phi) is 7.11. The second-order valence-electron chi connectivity index (χ2n) is 5.12. The third kappa shape index (κ3) is 4.20. The van der Waals surface area contributed by atoms with Crippen molar-refractivity contribution in [3.63, 3.8) is 0 Å². The average molecular weight is 458 g/mol. The molecule has 0 bridgehead atoms. The first-order chi connectivity index (χ1) is 12.9. The third-order valence-corrected chi connectivity index (χ3v) is 6.58. The zero-order valence-electron chi connectivity index (χ0n) is 14.9. The summed E-state index contributed by atoms with van der Waals surface area (Å²) in [6.07, 6.45) is 0. The van der Waals surface area contributed by atoms with E-state index >= 15 is 0 Å². The number of methoxy groups -OCH3 is 1. The van der Waals surface area contributed by atoms with Gasteiger partial charge in [-0.1, -0.05) is 0 Å². The molecule has 0 aliphatic heterocycles. The van der Waals surface area contributed by atoms with Crippen LogP contribution in [0.3, 0.4) is 0 Å². The van der Waals surface area contributed by atoms with Crippen molar-refractivity contribution in [1.29, 1.82) is 0 Å². The minimum Gasteiger partial charge on any atom is -0.478 e. The summed E-state index contributed by atoms with van der Waals surface area (Å²) in [5.41, 5.74) is 0.790. The first kappa shape index (κ1) is 21.1. The van der Waals surface area contributed by atoms with E-state index in [1.165, 1.54) is 19.2 Å². The van der Waals surface area contributed by atoms with Crippen LogP contribution in [0.25, 0.3) is 10.4 Å². The lowest BCUT2D eigenvalue weighted by molar-refractivity contribution is 0.0505. The van der Waals surface area contributed by atoms with E-state index in [0.717, 1.165) is 0 Å². The maximum absolute atomic E-state index is 12.5. The minimum absolute atomic E-state index is 0.0535. The van der Waals surface area contributed by atoms with E-state index < -0.39 is 28.7 Å². The predicted molar refractivity (Wildman–Crippen MR) is 103 cm³/mol. The van der Waals surface area contributed by atoms with Gasteiger partial charge in [-0.25, -0.2) is 14.4 Å². The fraction of sp³-hybridized carbons (Fsp3) is 0.278. The molecule has 0 spiro atoms. The van der Waals surface area contributed by atoms with Gasteiger partial charge >= 0.3 is 22.8 Å². The summed E-state index contributed by atoms with van der Waals surface area (Å²) in [7, 11) is 0.0255. The smallest absolute Gasteiger partial charge is 0.395 e. The molecule has 144 valence electrons. The lowest BCUT2D eigenvalue weighted by atomic mass is 10.1. The highest BCUT2D eigenvalue weighted by atomic mass is 79.9.